The third-order valence-electron chi connectivity index (χ3n) is 5.54. The molecule has 0 spiro atoms. The maximum atomic E-state index is 12.9. The third kappa shape index (κ3) is 6.71. The quantitative estimate of drug-likeness (QED) is 0.356. The predicted octanol–water partition coefficient (Wildman–Crippen LogP) is 2.53. The van der Waals surface area contributed by atoms with Crippen LogP contribution >= 0.6 is 0 Å². The average molecular weight is 459 g/mol. The average Bonchev–Trinajstić information content (AvgIpc) is 3.14. The molecule has 1 aromatic heterocycles. The van der Waals surface area contributed by atoms with Gasteiger partial charge in [-0.3, -0.25) is 10.1 Å². The van der Waals surface area contributed by atoms with Gasteiger partial charge in [0.2, 0.25) is 5.91 Å². The molecular formula is C24H34N4O5. The molecule has 0 aliphatic carbocycles. The lowest BCUT2D eigenvalue weighted by Gasteiger charge is -2.25. The molecule has 3 rings (SSSR count). The molecule has 2 heterocycles. The first-order valence-corrected chi connectivity index (χ1v) is 11.3. The largest absolute Gasteiger partial charge is 0.467 e. The minimum absolute atomic E-state index is 0.229. The number of para-hydroxylation sites is 1. The Morgan fingerprint density at radius 1 is 1.18 bits per heavy atom. The zero-order chi connectivity index (χ0) is 24.0. The van der Waals surface area contributed by atoms with E-state index in [0.29, 0.717) is 38.8 Å². The number of aromatic amines is 1. The lowest BCUT2D eigenvalue weighted by molar-refractivity contribution is -0.145. The molecule has 33 heavy (non-hydrogen) atoms. The number of methoxy groups -OCH3 is 1. The van der Waals surface area contributed by atoms with E-state index in [1.54, 1.807) is 20.8 Å². The normalized spacial score (nSPS) is 16.5. The number of rotatable bonds is 8. The molecule has 1 aliphatic heterocycles. The second-order valence-corrected chi connectivity index (χ2v) is 9.27. The van der Waals surface area contributed by atoms with Crippen molar-refractivity contribution in [2.75, 3.05) is 13.7 Å². The zero-order valence-electron chi connectivity index (χ0n) is 19.7. The summed E-state index contributed by atoms with van der Waals surface area (Å²) < 4.78 is 10.1. The van der Waals surface area contributed by atoms with Crippen LogP contribution in [0, 0.1) is 0 Å². The maximum absolute atomic E-state index is 12.9. The molecule has 1 aliphatic rings. The Hall–Kier alpha value is -3.07. The van der Waals surface area contributed by atoms with Crippen LogP contribution in [0.3, 0.4) is 0 Å². The van der Waals surface area contributed by atoms with Gasteiger partial charge in [0, 0.05) is 29.7 Å². The van der Waals surface area contributed by atoms with Crippen LogP contribution in [0.4, 0.5) is 4.79 Å². The van der Waals surface area contributed by atoms with Crippen molar-refractivity contribution in [3.63, 3.8) is 0 Å². The van der Waals surface area contributed by atoms with Gasteiger partial charge in [0.15, 0.2) is 0 Å². The molecule has 4 N–H and O–H groups in total. The van der Waals surface area contributed by atoms with E-state index in [1.807, 2.05) is 24.3 Å². The van der Waals surface area contributed by atoms with Crippen LogP contribution in [0.5, 0.6) is 0 Å². The standard InChI is InChI=1S/C24H34N4O5/c1-24(2,3)33-23(31)25-12-8-7-11-18(22(30)32-4)28-21(29)19-13-16-15-9-5-6-10-17(15)27-20(16)14-26-19/h5-6,9-10,18-19,26-27H,7-8,11-14H2,1-4H3,(H,25,31)(H,28,29)/t18-,19-/m0/s1. The number of benzene rings is 1. The molecular weight excluding hydrogens is 424 g/mol. The Labute approximate surface area is 194 Å². The highest BCUT2D eigenvalue weighted by Crippen LogP contribution is 2.26. The fraction of sp³-hybridized carbons (Fsp3) is 0.542. The van der Waals surface area contributed by atoms with Gasteiger partial charge >= 0.3 is 12.1 Å². The van der Waals surface area contributed by atoms with Gasteiger partial charge in [0.1, 0.15) is 11.6 Å². The lowest BCUT2D eigenvalue weighted by Crippen LogP contribution is -2.52. The summed E-state index contributed by atoms with van der Waals surface area (Å²) in [7, 11) is 1.31. The summed E-state index contributed by atoms with van der Waals surface area (Å²) >= 11 is 0. The van der Waals surface area contributed by atoms with Crippen molar-refractivity contribution in [1.82, 2.24) is 20.9 Å². The number of esters is 1. The highest BCUT2D eigenvalue weighted by atomic mass is 16.6. The van der Waals surface area contributed by atoms with Crippen LogP contribution in [0.1, 0.15) is 51.3 Å². The third-order valence-corrected chi connectivity index (χ3v) is 5.54. The molecule has 0 unspecified atom stereocenters. The topological polar surface area (TPSA) is 122 Å². The summed E-state index contributed by atoms with van der Waals surface area (Å²) in [6.45, 7) is 6.38. The van der Waals surface area contributed by atoms with Gasteiger partial charge in [-0.1, -0.05) is 18.2 Å². The molecule has 0 saturated heterocycles. The Balaban J connectivity index is 1.50. The van der Waals surface area contributed by atoms with Gasteiger partial charge in [0.25, 0.3) is 0 Å². The van der Waals surface area contributed by atoms with Crippen molar-refractivity contribution in [2.45, 2.75) is 70.7 Å². The van der Waals surface area contributed by atoms with E-state index in [2.05, 4.69) is 20.9 Å². The van der Waals surface area contributed by atoms with E-state index in [-0.39, 0.29) is 5.91 Å². The number of hydrogen-bond donors (Lipinski definition) is 4. The molecule has 0 bridgehead atoms. The van der Waals surface area contributed by atoms with Crippen molar-refractivity contribution >= 4 is 28.9 Å². The number of alkyl carbamates (subject to hydrolysis) is 1. The van der Waals surface area contributed by atoms with E-state index in [4.69, 9.17) is 9.47 Å². The lowest BCUT2D eigenvalue weighted by atomic mass is 9.97. The van der Waals surface area contributed by atoms with Crippen LogP contribution in [0.2, 0.25) is 0 Å². The van der Waals surface area contributed by atoms with Crippen molar-refractivity contribution in [1.29, 1.82) is 0 Å². The van der Waals surface area contributed by atoms with Gasteiger partial charge in [-0.15, -0.1) is 0 Å². The molecule has 9 nitrogen and oxygen atoms in total. The van der Waals surface area contributed by atoms with Crippen LogP contribution in [-0.4, -0.2) is 54.3 Å². The van der Waals surface area contributed by atoms with E-state index >= 15 is 0 Å². The number of unbranched alkanes of at least 4 members (excludes halogenated alkanes) is 1. The highest BCUT2D eigenvalue weighted by Gasteiger charge is 2.30. The van der Waals surface area contributed by atoms with Gasteiger partial charge in [-0.05, 0) is 58.1 Å². The number of hydrogen-bond acceptors (Lipinski definition) is 6. The zero-order valence-corrected chi connectivity index (χ0v) is 19.7. The Morgan fingerprint density at radius 2 is 1.94 bits per heavy atom. The summed E-state index contributed by atoms with van der Waals surface area (Å²) in [5.41, 5.74) is 2.72. The molecule has 1 aromatic carbocycles. The molecule has 2 amide bonds. The summed E-state index contributed by atoms with van der Waals surface area (Å²) in [4.78, 5) is 40.3. The van der Waals surface area contributed by atoms with Crippen molar-refractivity contribution in [3.8, 4) is 0 Å². The highest BCUT2D eigenvalue weighted by molar-refractivity contribution is 5.90. The first-order valence-electron chi connectivity index (χ1n) is 11.3. The summed E-state index contributed by atoms with van der Waals surface area (Å²) in [6, 6.07) is 6.86. The minimum atomic E-state index is -0.741. The molecule has 0 saturated carbocycles. The number of amides is 2. The minimum Gasteiger partial charge on any atom is -0.467 e. The number of aromatic nitrogens is 1. The second-order valence-electron chi connectivity index (χ2n) is 9.27. The van der Waals surface area contributed by atoms with Crippen molar-refractivity contribution in [2.24, 2.45) is 0 Å². The van der Waals surface area contributed by atoms with Crippen LogP contribution < -0.4 is 16.0 Å². The predicted molar refractivity (Wildman–Crippen MR) is 125 cm³/mol. The van der Waals surface area contributed by atoms with Crippen LogP contribution in [0.15, 0.2) is 24.3 Å². The van der Waals surface area contributed by atoms with Gasteiger partial charge in [0.05, 0.1) is 13.2 Å². The second kappa shape index (κ2) is 10.7. The van der Waals surface area contributed by atoms with Gasteiger partial charge in [-0.25, -0.2) is 9.59 Å². The monoisotopic (exact) mass is 458 g/mol. The smallest absolute Gasteiger partial charge is 0.407 e. The maximum Gasteiger partial charge on any atom is 0.407 e. The Kier molecular flexibility index (Phi) is 7.97. The molecule has 0 fully saturated rings. The number of ether oxygens (including phenoxy) is 2. The first-order chi connectivity index (χ1) is 15.7. The van der Waals surface area contributed by atoms with Gasteiger partial charge < -0.3 is 25.1 Å². The number of nitrogens with one attached hydrogen (secondary N) is 4. The van der Waals surface area contributed by atoms with Gasteiger partial charge in [-0.2, -0.15) is 0 Å². The Bertz CT molecular complexity index is 994. The molecule has 0 radical (unpaired) electrons. The summed E-state index contributed by atoms with van der Waals surface area (Å²) in [5.74, 6) is -0.708. The van der Waals surface area contributed by atoms with Crippen LogP contribution in [-0.2, 0) is 32.0 Å². The van der Waals surface area contributed by atoms with E-state index < -0.39 is 29.7 Å². The fourth-order valence-corrected chi connectivity index (χ4v) is 3.97. The number of H-pyrrole nitrogens is 1. The van der Waals surface area contributed by atoms with Crippen LogP contribution in [0.25, 0.3) is 10.9 Å². The number of carbonyl (C=O) groups excluding carboxylic acids is 3. The van der Waals surface area contributed by atoms with Crippen molar-refractivity contribution in [3.05, 3.63) is 35.5 Å². The van der Waals surface area contributed by atoms with Crippen molar-refractivity contribution < 1.29 is 23.9 Å². The van der Waals surface area contributed by atoms with E-state index in [9.17, 15) is 14.4 Å². The Morgan fingerprint density at radius 3 is 2.67 bits per heavy atom. The molecule has 2 aromatic rings. The molecule has 180 valence electrons. The number of fused-ring (bicyclic) bond motifs is 3. The fourth-order valence-electron chi connectivity index (χ4n) is 3.97. The molecule has 9 heteroatoms. The SMILES string of the molecule is COC(=O)[C@H](CCCCNC(=O)OC(C)(C)C)NC(=O)[C@@H]1Cc2c([nH]c3ccccc23)CN1. The van der Waals surface area contributed by atoms with E-state index in [0.717, 1.165) is 22.2 Å². The summed E-state index contributed by atoms with van der Waals surface area (Å²) in [5, 5.41) is 9.90. The number of carbonyl (C=O) groups is 3. The van der Waals surface area contributed by atoms with E-state index in [1.165, 1.54) is 7.11 Å². The first kappa shape index (κ1) is 24.6. The molecule has 2 atom stereocenters. The summed E-state index contributed by atoms with van der Waals surface area (Å²) in [6.07, 6.45) is 1.75.